The molecule has 4 rings (SSSR count). The van der Waals surface area contributed by atoms with Crippen LogP contribution in [-0.2, 0) is 0 Å². The van der Waals surface area contributed by atoms with Gasteiger partial charge in [-0.05, 0) is 43.7 Å². The topological polar surface area (TPSA) is 25.2 Å². The van der Waals surface area contributed by atoms with Crippen LogP contribution in [0.4, 0.5) is 5.69 Å². The van der Waals surface area contributed by atoms with E-state index in [-0.39, 0.29) is 0 Å². The fourth-order valence-corrected chi connectivity index (χ4v) is 5.51. The minimum absolute atomic E-state index is 0.688. The van der Waals surface area contributed by atoms with Crippen molar-refractivity contribution in [1.82, 2.24) is 4.98 Å². The third-order valence-corrected chi connectivity index (χ3v) is 6.89. The number of nitrogens with zero attached hydrogens (tertiary/aromatic N) is 2. The summed E-state index contributed by atoms with van der Waals surface area (Å²) in [7, 11) is -0.688. The van der Waals surface area contributed by atoms with Crippen molar-refractivity contribution in [2.24, 2.45) is 4.99 Å². The number of benzene rings is 3. The highest BCUT2D eigenvalue weighted by atomic mass is 31.1. The first kappa shape index (κ1) is 18.3. The molecule has 1 heterocycles. The first-order chi connectivity index (χ1) is 13.8. The van der Waals surface area contributed by atoms with Crippen molar-refractivity contribution < 1.29 is 0 Å². The number of aryl methyl sites for hydroxylation is 1. The molecule has 0 saturated heterocycles. The van der Waals surface area contributed by atoms with Crippen LogP contribution >= 0.6 is 7.92 Å². The summed E-state index contributed by atoms with van der Waals surface area (Å²) >= 11 is 0. The Bertz CT molecular complexity index is 1040. The third-order valence-electron chi connectivity index (χ3n) is 4.40. The van der Waals surface area contributed by atoms with E-state index in [4.69, 9.17) is 4.99 Å². The fraction of sp³-hybridized carbons (Fsp3) is 0.0400. The van der Waals surface area contributed by atoms with Gasteiger partial charge in [0.25, 0.3) is 0 Å². The first-order valence-corrected chi connectivity index (χ1v) is 10.6. The normalized spacial score (nSPS) is 11.2. The first-order valence-electron chi connectivity index (χ1n) is 9.28. The number of pyridine rings is 1. The molecule has 0 atom stereocenters. The number of rotatable bonds is 5. The molecule has 0 N–H and O–H groups in total. The monoisotopic (exact) mass is 380 g/mol. The van der Waals surface area contributed by atoms with Gasteiger partial charge in [-0.15, -0.1) is 0 Å². The maximum absolute atomic E-state index is 4.82. The summed E-state index contributed by atoms with van der Waals surface area (Å²) in [5, 5.41) is 3.89. The van der Waals surface area contributed by atoms with E-state index < -0.39 is 7.92 Å². The Kier molecular flexibility index (Phi) is 5.70. The van der Waals surface area contributed by atoms with Crippen molar-refractivity contribution in [2.75, 3.05) is 0 Å². The van der Waals surface area contributed by atoms with E-state index in [0.29, 0.717) is 0 Å². The molecule has 4 aromatic rings. The maximum atomic E-state index is 4.82. The molecule has 0 bridgehead atoms. The van der Waals surface area contributed by atoms with E-state index >= 15 is 0 Å². The van der Waals surface area contributed by atoms with Crippen LogP contribution in [0, 0.1) is 6.92 Å². The Hall–Kier alpha value is -3.09. The smallest absolute Gasteiger partial charge is 0.0815 e. The zero-order valence-corrected chi connectivity index (χ0v) is 16.6. The van der Waals surface area contributed by atoms with Crippen molar-refractivity contribution >= 4 is 35.7 Å². The largest absolute Gasteiger partial charge is 0.254 e. The summed E-state index contributed by atoms with van der Waals surface area (Å²) in [6, 6.07) is 35.8. The number of aliphatic imine (C=N–C) groups is 1. The second kappa shape index (κ2) is 8.73. The van der Waals surface area contributed by atoms with Crippen molar-refractivity contribution in [3.63, 3.8) is 0 Å². The van der Waals surface area contributed by atoms with Gasteiger partial charge >= 0.3 is 0 Å². The summed E-state index contributed by atoms with van der Waals surface area (Å²) < 4.78 is 0. The molecule has 0 aliphatic carbocycles. The molecule has 0 saturated carbocycles. The molecule has 3 aromatic carbocycles. The molecule has 0 amide bonds. The average molecular weight is 380 g/mol. The highest BCUT2D eigenvalue weighted by Gasteiger charge is 2.18. The molecule has 28 heavy (non-hydrogen) atoms. The van der Waals surface area contributed by atoms with Crippen LogP contribution in [0.25, 0.3) is 0 Å². The summed E-state index contributed by atoms with van der Waals surface area (Å²) in [4.78, 5) is 9.35. The van der Waals surface area contributed by atoms with Gasteiger partial charge in [-0.2, -0.15) is 0 Å². The zero-order valence-electron chi connectivity index (χ0n) is 15.7. The van der Waals surface area contributed by atoms with Crippen LogP contribution in [0.15, 0.2) is 108 Å². The quantitative estimate of drug-likeness (QED) is 0.357. The Morgan fingerprint density at radius 1 is 0.679 bits per heavy atom. The van der Waals surface area contributed by atoms with E-state index in [1.807, 2.05) is 37.4 Å². The Morgan fingerprint density at radius 3 is 1.93 bits per heavy atom. The minimum Gasteiger partial charge on any atom is -0.254 e. The minimum atomic E-state index is -0.688. The Labute approximate surface area is 167 Å². The van der Waals surface area contributed by atoms with Crippen LogP contribution in [0.1, 0.15) is 11.4 Å². The molecule has 2 nitrogen and oxygen atoms in total. The fourth-order valence-electron chi connectivity index (χ4n) is 3.12. The van der Waals surface area contributed by atoms with Crippen molar-refractivity contribution in [1.29, 1.82) is 0 Å². The van der Waals surface area contributed by atoms with Crippen LogP contribution in [-0.4, -0.2) is 11.2 Å². The Morgan fingerprint density at radius 2 is 1.29 bits per heavy atom. The predicted molar refractivity (Wildman–Crippen MR) is 121 cm³/mol. The molecule has 0 aliphatic rings. The molecule has 136 valence electrons. The predicted octanol–water partition coefficient (Wildman–Crippen LogP) is 4.90. The van der Waals surface area contributed by atoms with Gasteiger partial charge in [0.2, 0.25) is 0 Å². The summed E-state index contributed by atoms with van der Waals surface area (Å²) in [6.07, 6.45) is 1.86. The number of hydrogen-bond acceptors (Lipinski definition) is 2. The summed E-state index contributed by atoms with van der Waals surface area (Å²) in [5.41, 5.74) is 2.86. The number of hydrogen-bond donors (Lipinski definition) is 0. The molecular weight excluding hydrogens is 359 g/mol. The lowest BCUT2D eigenvalue weighted by Gasteiger charge is -2.20. The standard InChI is InChI=1S/C25H21N2P/c1-20-11-10-12-21(27-20)19-26-24-17-8-9-18-25(24)28(22-13-4-2-5-14-22)23-15-6-3-7-16-23/h2-19H,1H3. The summed E-state index contributed by atoms with van der Waals surface area (Å²) in [6.45, 7) is 2.00. The molecule has 0 unspecified atom stereocenters. The summed E-state index contributed by atoms with van der Waals surface area (Å²) in [5.74, 6) is 0. The van der Waals surface area contributed by atoms with E-state index in [1.54, 1.807) is 0 Å². The van der Waals surface area contributed by atoms with E-state index in [9.17, 15) is 0 Å². The molecule has 0 aliphatic heterocycles. The SMILES string of the molecule is Cc1cccc(C=Nc2ccccc2P(c2ccccc2)c2ccccc2)n1. The second-order valence-corrected chi connectivity index (χ2v) is 8.64. The van der Waals surface area contributed by atoms with Gasteiger partial charge < -0.3 is 0 Å². The van der Waals surface area contributed by atoms with Gasteiger partial charge in [-0.1, -0.05) is 84.9 Å². The lowest BCUT2D eigenvalue weighted by atomic mass is 10.3. The highest BCUT2D eigenvalue weighted by molar-refractivity contribution is 7.80. The average Bonchev–Trinajstić information content (AvgIpc) is 2.75. The maximum Gasteiger partial charge on any atom is 0.0815 e. The van der Waals surface area contributed by atoms with Crippen molar-refractivity contribution in [3.05, 3.63) is 115 Å². The number of aromatic nitrogens is 1. The Balaban J connectivity index is 1.80. The molecule has 0 fully saturated rings. The molecule has 3 heteroatoms. The molecule has 0 spiro atoms. The zero-order chi connectivity index (χ0) is 19.2. The van der Waals surface area contributed by atoms with Gasteiger partial charge in [0.15, 0.2) is 0 Å². The van der Waals surface area contributed by atoms with E-state index in [1.165, 1.54) is 15.9 Å². The lowest BCUT2D eigenvalue weighted by molar-refractivity contribution is 1.19. The molecule has 1 aromatic heterocycles. The van der Waals surface area contributed by atoms with Crippen LogP contribution in [0.5, 0.6) is 0 Å². The van der Waals surface area contributed by atoms with Crippen molar-refractivity contribution in [3.8, 4) is 0 Å². The molecular formula is C25H21N2P. The van der Waals surface area contributed by atoms with Crippen LogP contribution in [0.3, 0.4) is 0 Å². The van der Waals surface area contributed by atoms with Crippen LogP contribution < -0.4 is 15.9 Å². The van der Waals surface area contributed by atoms with Gasteiger partial charge in [0.05, 0.1) is 17.6 Å². The van der Waals surface area contributed by atoms with Gasteiger partial charge in [-0.3, -0.25) is 9.98 Å². The van der Waals surface area contributed by atoms with E-state index in [0.717, 1.165) is 17.1 Å². The molecule has 0 radical (unpaired) electrons. The van der Waals surface area contributed by atoms with Crippen LogP contribution in [0.2, 0.25) is 0 Å². The van der Waals surface area contributed by atoms with Gasteiger partial charge in [0.1, 0.15) is 0 Å². The van der Waals surface area contributed by atoms with Gasteiger partial charge in [-0.25, -0.2) is 0 Å². The number of para-hydroxylation sites is 1. The lowest BCUT2D eigenvalue weighted by Crippen LogP contribution is -2.20. The third kappa shape index (κ3) is 4.24. The van der Waals surface area contributed by atoms with E-state index in [2.05, 4.69) is 83.8 Å². The van der Waals surface area contributed by atoms with Crippen molar-refractivity contribution in [2.45, 2.75) is 6.92 Å². The van der Waals surface area contributed by atoms with Gasteiger partial charge in [0, 0.05) is 11.0 Å². The highest BCUT2D eigenvalue weighted by Crippen LogP contribution is 2.36. The second-order valence-electron chi connectivity index (χ2n) is 6.46.